The molecule has 0 aliphatic carbocycles. The molecule has 0 aromatic heterocycles. The normalized spacial score (nSPS) is 13.9. The summed E-state index contributed by atoms with van der Waals surface area (Å²) in [6, 6.07) is 3.81. The lowest BCUT2D eigenvalue weighted by Crippen LogP contribution is -2.09. The molecule has 1 aromatic rings. The zero-order valence-corrected chi connectivity index (χ0v) is 10.8. The van der Waals surface area contributed by atoms with E-state index in [9.17, 15) is 13.2 Å². The summed E-state index contributed by atoms with van der Waals surface area (Å²) in [6.45, 7) is 1.51. The molecule has 90 valence electrons. The minimum atomic E-state index is -4.36. The lowest BCUT2D eigenvalue weighted by Gasteiger charge is -2.15. The third-order valence-electron chi connectivity index (χ3n) is 1.83. The van der Waals surface area contributed by atoms with Gasteiger partial charge in [0.05, 0.1) is 12.2 Å². The Balaban J connectivity index is 3.09. The first-order chi connectivity index (χ1) is 7.34. The van der Waals surface area contributed by atoms with E-state index >= 15 is 0 Å². The molecule has 0 amide bonds. The van der Waals surface area contributed by atoms with Crippen LogP contribution < -0.4 is 0 Å². The van der Waals surface area contributed by atoms with Gasteiger partial charge in [0.25, 0.3) is 0 Å². The molecule has 1 rings (SSSR count). The van der Waals surface area contributed by atoms with Gasteiger partial charge in [0.1, 0.15) is 0 Å². The van der Waals surface area contributed by atoms with Gasteiger partial charge in [-0.05, 0) is 18.2 Å². The van der Waals surface area contributed by atoms with Crippen molar-refractivity contribution in [1.82, 2.24) is 0 Å². The summed E-state index contributed by atoms with van der Waals surface area (Å²) in [5.41, 5.74) is -0.666. The zero-order chi connectivity index (χ0) is 12.3. The van der Waals surface area contributed by atoms with Crippen molar-refractivity contribution in [2.45, 2.75) is 23.2 Å². The highest BCUT2D eigenvalue weighted by molar-refractivity contribution is 9.10. The van der Waals surface area contributed by atoms with Crippen LogP contribution in [0.3, 0.4) is 0 Å². The third kappa shape index (κ3) is 3.68. The molecule has 0 aliphatic heterocycles. The van der Waals surface area contributed by atoms with Gasteiger partial charge in [0, 0.05) is 14.6 Å². The van der Waals surface area contributed by atoms with Gasteiger partial charge in [0.15, 0.2) is 0 Å². The SMILES string of the molecule is CC(CO)Sc1cc(Br)ccc1C(F)(F)F. The number of alkyl halides is 3. The Morgan fingerprint density at radius 3 is 2.56 bits per heavy atom. The summed E-state index contributed by atoms with van der Waals surface area (Å²) < 4.78 is 38.5. The minimum absolute atomic E-state index is 0.128. The average molecular weight is 315 g/mol. The van der Waals surface area contributed by atoms with Crippen LogP contribution in [-0.4, -0.2) is 17.0 Å². The second-order valence-corrected chi connectivity index (χ2v) is 5.65. The average Bonchev–Trinajstić information content (AvgIpc) is 2.15. The Hall–Kier alpha value is -0.200. The number of hydrogen-bond acceptors (Lipinski definition) is 2. The van der Waals surface area contributed by atoms with Gasteiger partial charge >= 0.3 is 6.18 Å². The Bertz CT molecular complexity index is 368. The molecule has 1 unspecified atom stereocenters. The van der Waals surface area contributed by atoms with Crippen LogP contribution >= 0.6 is 27.7 Å². The number of hydrogen-bond donors (Lipinski definition) is 1. The Kier molecular flexibility index (Phi) is 4.70. The molecule has 0 aliphatic rings. The first-order valence-electron chi connectivity index (χ1n) is 4.49. The maximum Gasteiger partial charge on any atom is 0.417 e. The van der Waals surface area contributed by atoms with E-state index in [4.69, 9.17) is 5.11 Å². The summed E-state index contributed by atoms with van der Waals surface area (Å²) >= 11 is 4.14. The maximum absolute atomic E-state index is 12.6. The Labute approximate surface area is 104 Å². The van der Waals surface area contributed by atoms with Gasteiger partial charge in [-0.1, -0.05) is 22.9 Å². The van der Waals surface area contributed by atoms with E-state index in [0.29, 0.717) is 4.47 Å². The molecule has 0 saturated carbocycles. The fourth-order valence-electron chi connectivity index (χ4n) is 1.08. The molecule has 0 fully saturated rings. The van der Waals surface area contributed by atoms with Gasteiger partial charge in [0.2, 0.25) is 0 Å². The van der Waals surface area contributed by atoms with E-state index in [1.165, 1.54) is 12.1 Å². The van der Waals surface area contributed by atoms with Crippen molar-refractivity contribution in [3.8, 4) is 0 Å². The summed E-state index contributed by atoms with van der Waals surface area (Å²) in [7, 11) is 0. The second-order valence-electron chi connectivity index (χ2n) is 3.25. The number of aliphatic hydroxyl groups is 1. The molecule has 0 saturated heterocycles. The lowest BCUT2D eigenvalue weighted by atomic mass is 10.2. The maximum atomic E-state index is 12.6. The molecular weight excluding hydrogens is 305 g/mol. The quantitative estimate of drug-likeness (QED) is 0.853. The highest BCUT2D eigenvalue weighted by Crippen LogP contribution is 2.39. The van der Waals surface area contributed by atoms with Crippen LogP contribution in [-0.2, 0) is 6.18 Å². The number of benzene rings is 1. The van der Waals surface area contributed by atoms with E-state index in [1.54, 1.807) is 6.92 Å². The van der Waals surface area contributed by atoms with Crippen LogP contribution in [0.2, 0.25) is 0 Å². The Morgan fingerprint density at radius 1 is 1.44 bits per heavy atom. The standard InChI is InChI=1S/C10H10BrF3OS/c1-6(5-15)16-9-4-7(11)2-3-8(9)10(12,13)14/h2-4,6,15H,5H2,1H3. The largest absolute Gasteiger partial charge is 0.417 e. The van der Waals surface area contributed by atoms with Crippen molar-refractivity contribution >= 4 is 27.7 Å². The van der Waals surface area contributed by atoms with E-state index in [1.807, 2.05) is 0 Å². The zero-order valence-electron chi connectivity index (χ0n) is 8.38. The van der Waals surface area contributed by atoms with E-state index in [2.05, 4.69) is 15.9 Å². The first-order valence-corrected chi connectivity index (χ1v) is 6.16. The fourth-order valence-corrected chi connectivity index (χ4v) is 2.61. The third-order valence-corrected chi connectivity index (χ3v) is 3.47. The van der Waals surface area contributed by atoms with E-state index in [0.717, 1.165) is 17.8 Å². The van der Waals surface area contributed by atoms with Crippen LogP contribution in [0.25, 0.3) is 0 Å². The monoisotopic (exact) mass is 314 g/mol. The number of halogens is 4. The predicted molar refractivity (Wildman–Crippen MR) is 61.5 cm³/mol. The highest BCUT2D eigenvalue weighted by atomic mass is 79.9. The summed E-state index contributed by atoms with van der Waals surface area (Å²) in [5, 5.41) is 8.58. The van der Waals surface area contributed by atoms with Crippen molar-refractivity contribution in [3.63, 3.8) is 0 Å². The molecular formula is C10H10BrF3OS. The molecule has 0 heterocycles. The van der Waals surface area contributed by atoms with Gasteiger partial charge in [-0.2, -0.15) is 13.2 Å². The van der Waals surface area contributed by atoms with Crippen molar-refractivity contribution < 1.29 is 18.3 Å². The molecule has 1 N–H and O–H groups in total. The minimum Gasteiger partial charge on any atom is -0.395 e. The van der Waals surface area contributed by atoms with Gasteiger partial charge in [-0.15, -0.1) is 11.8 Å². The van der Waals surface area contributed by atoms with E-state index < -0.39 is 11.7 Å². The van der Waals surface area contributed by atoms with Crippen molar-refractivity contribution in [2.24, 2.45) is 0 Å². The highest BCUT2D eigenvalue weighted by Gasteiger charge is 2.33. The van der Waals surface area contributed by atoms with Crippen molar-refractivity contribution in [2.75, 3.05) is 6.61 Å². The van der Waals surface area contributed by atoms with Crippen molar-refractivity contribution in [1.29, 1.82) is 0 Å². The van der Waals surface area contributed by atoms with Gasteiger partial charge < -0.3 is 5.11 Å². The summed E-state index contributed by atoms with van der Waals surface area (Å²) in [4.78, 5) is 0.128. The summed E-state index contributed by atoms with van der Waals surface area (Å²) in [5.74, 6) is 0. The topological polar surface area (TPSA) is 20.2 Å². The van der Waals surface area contributed by atoms with Crippen LogP contribution in [0.4, 0.5) is 13.2 Å². The second kappa shape index (κ2) is 5.42. The smallest absolute Gasteiger partial charge is 0.395 e. The van der Waals surface area contributed by atoms with E-state index in [-0.39, 0.29) is 16.8 Å². The van der Waals surface area contributed by atoms with Crippen LogP contribution in [0.5, 0.6) is 0 Å². The number of rotatable bonds is 3. The molecule has 0 bridgehead atoms. The Morgan fingerprint density at radius 2 is 2.06 bits per heavy atom. The number of aliphatic hydroxyl groups excluding tert-OH is 1. The molecule has 0 radical (unpaired) electrons. The van der Waals surface area contributed by atoms with Crippen LogP contribution in [0, 0.1) is 0 Å². The molecule has 1 atom stereocenters. The van der Waals surface area contributed by atoms with Crippen LogP contribution in [0.1, 0.15) is 12.5 Å². The first kappa shape index (κ1) is 13.9. The van der Waals surface area contributed by atoms with Gasteiger partial charge in [-0.25, -0.2) is 0 Å². The summed E-state index contributed by atoms with van der Waals surface area (Å²) in [6.07, 6.45) is -4.36. The molecule has 6 heteroatoms. The molecule has 0 spiro atoms. The van der Waals surface area contributed by atoms with Crippen molar-refractivity contribution in [3.05, 3.63) is 28.2 Å². The molecule has 1 nitrogen and oxygen atoms in total. The number of thioether (sulfide) groups is 1. The molecule has 16 heavy (non-hydrogen) atoms. The predicted octanol–water partition coefficient (Wildman–Crippen LogP) is 3.94. The lowest BCUT2D eigenvalue weighted by molar-refractivity contribution is -0.139. The fraction of sp³-hybridized carbons (Fsp3) is 0.400. The molecule has 1 aromatic carbocycles. The van der Waals surface area contributed by atoms with Gasteiger partial charge in [-0.3, -0.25) is 0 Å². The van der Waals surface area contributed by atoms with Crippen LogP contribution in [0.15, 0.2) is 27.6 Å².